The first-order valence-electron chi connectivity index (χ1n) is 14.3. The van der Waals surface area contributed by atoms with Gasteiger partial charge in [0.15, 0.2) is 27.8 Å². The van der Waals surface area contributed by atoms with E-state index in [-0.39, 0.29) is 11.1 Å². The van der Waals surface area contributed by atoms with E-state index in [0.717, 1.165) is 5.56 Å². The molecule has 234 valence electrons. The number of methoxy groups -OCH3 is 2. The molecule has 11 heteroatoms. The summed E-state index contributed by atoms with van der Waals surface area (Å²) in [5.74, 6) is 1.59. The van der Waals surface area contributed by atoms with E-state index in [0.29, 0.717) is 67.8 Å². The van der Waals surface area contributed by atoms with Crippen LogP contribution in [-0.4, -0.2) is 38.0 Å². The van der Waals surface area contributed by atoms with Gasteiger partial charge in [0, 0.05) is 10.7 Å². The topological polar surface area (TPSA) is 97.6 Å². The Bertz CT molecular complexity index is 1930. The predicted octanol–water partition coefficient (Wildman–Crippen LogP) is 5.47. The summed E-state index contributed by atoms with van der Waals surface area (Å²) in [4.78, 5) is 31.8. The first-order valence-corrected chi connectivity index (χ1v) is 15.9. The van der Waals surface area contributed by atoms with Gasteiger partial charge in [-0.1, -0.05) is 63.2 Å². The number of rotatable bonds is 11. The number of fused-ring (bicyclic) bond motifs is 1. The number of thiazole rings is 1. The Morgan fingerprint density at radius 1 is 0.956 bits per heavy atom. The maximum atomic E-state index is 14.0. The summed E-state index contributed by atoms with van der Waals surface area (Å²) in [7, 11) is 2.87. The molecular weight excluding hydrogens is 660 g/mol. The molecule has 0 aliphatic carbocycles. The number of carbonyl (C=O) groups is 1. The normalized spacial score (nSPS) is 14.2. The summed E-state index contributed by atoms with van der Waals surface area (Å²) >= 11 is 4.86. The highest BCUT2D eigenvalue weighted by Gasteiger charge is 2.31. The van der Waals surface area contributed by atoms with E-state index < -0.39 is 12.0 Å². The minimum Gasteiger partial charge on any atom is -0.493 e. The second kappa shape index (κ2) is 14.2. The molecule has 9 nitrogen and oxygen atoms in total. The van der Waals surface area contributed by atoms with Crippen molar-refractivity contribution in [2.24, 2.45) is 4.99 Å². The molecule has 0 fully saturated rings. The number of esters is 1. The van der Waals surface area contributed by atoms with Crippen LogP contribution in [0.4, 0.5) is 0 Å². The maximum absolute atomic E-state index is 14.0. The minimum absolute atomic E-state index is 0.223. The van der Waals surface area contributed by atoms with Crippen molar-refractivity contribution in [2.75, 3.05) is 27.4 Å². The Morgan fingerprint density at radius 2 is 1.67 bits per heavy atom. The van der Waals surface area contributed by atoms with Gasteiger partial charge in [0.2, 0.25) is 0 Å². The molecule has 0 spiro atoms. The molecule has 0 saturated carbocycles. The predicted molar refractivity (Wildman–Crippen MR) is 176 cm³/mol. The number of halogens is 1. The van der Waals surface area contributed by atoms with Crippen LogP contribution in [0.1, 0.15) is 42.1 Å². The molecule has 0 N–H and O–H groups in total. The van der Waals surface area contributed by atoms with Crippen LogP contribution in [-0.2, 0) is 16.1 Å². The van der Waals surface area contributed by atoms with Crippen molar-refractivity contribution in [2.45, 2.75) is 33.4 Å². The van der Waals surface area contributed by atoms with Crippen LogP contribution in [0.15, 0.2) is 80.6 Å². The third kappa shape index (κ3) is 6.84. The summed E-state index contributed by atoms with van der Waals surface area (Å²) in [6, 6.07) is 16.3. The van der Waals surface area contributed by atoms with Gasteiger partial charge in [-0.15, -0.1) is 0 Å². The van der Waals surface area contributed by atoms with E-state index in [4.69, 9.17) is 23.7 Å². The lowest BCUT2D eigenvalue weighted by atomic mass is 9.97. The Morgan fingerprint density at radius 3 is 2.36 bits per heavy atom. The number of carbonyl (C=O) groups excluding carboxylic acids is 1. The highest BCUT2D eigenvalue weighted by atomic mass is 79.9. The van der Waals surface area contributed by atoms with E-state index in [2.05, 4.69) is 20.9 Å². The van der Waals surface area contributed by atoms with Gasteiger partial charge in [0.05, 0.1) is 43.6 Å². The maximum Gasteiger partial charge on any atom is 0.337 e. The Kier molecular flexibility index (Phi) is 10.1. The Labute approximate surface area is 273 Å². The number of hydrogen-bond acceptors (Lipinski definition) is 9. The molecule has 4 aromatic rings. The standard InChI is InChI=1S/C34H33BrN2O7S/c1-6-42-26-13-12-22(14-28(26)43-7-2)31-24(33(39)41-5)18-36-34-37(31)32(38)30(45-34)16-23-15-27(40-4)29(17-25(23)35)44-19-21-10-8-20(3)9-11-21/h8-18,31H,6-7,19H2,1-5H3/b30-16-/t31-/m1/s1. The molecule has 1 aliphatic heterocycles. The molecular formula is C34H33BrN2O7S. The van der Waals surface area contributed by atoms with Gasteiger partial charge in [0.25, 0.3) is 5.56 Å². The third-order valence-electron chi connectivity index (χ3n) is 7.09. The second-order valence-electron chi connectivity index (χ2n) is 10.0. The van der Waals surface area contributed by atoms with E-state index in [9.17, 15) is 9.59 Å². The molecule has 2 heterocycles. The summed E-state index contributed by atoms with van der Waals surface area (Å²) in [5, 5.41) is 0. The molecule has 0 radical (unpaired) electrons. The van der Waals surface area contributed by atoms with E-state index >= 15 is 0 Å². The minimum atomic E-state index is -0.791. The lowest BCUT2D eigenvalue weighted by Gasteiger charge is -2.23. The molecule has 0 saturated heterocycles. The summed E-state index contributed by atoms with van der Waals surface area (Å²) in [6.45, 7) is 7.06. The van der Waals surface area contributed by atoms with Crippen molar-refractivity contribution >= 4 is 39.3 Å². The molecule has 5 rings (SSSR count). The zero-order valence-corrected chi connectivity index (χ0v) is 28.0. The number of ether oxygens (including phenoxy) is 5. The summed E-state index contributed by atoms with van der Waals surface area (Å²) in [5.41, 5.74) is 3.49. The van der Waals surface area contributed by atoms with Crippen molar-refractivity contribution in [3.05, 3.63) is 113 Å². The molecule has 1 atom stereocenters. The Balaban J connectivity index is 1.56. The molecule has 0 bridgehead atoms. The monoisotopic (exact) mass is 692 g/mol. The number of aryl methyl sites for hydroxylation is 1. The van der Waals surface area contributed by atoms with Crippen molar-refractivity contribution in [1.29, 1.82) is 0 Å². The van der Waals surface area contributed by atoms with Crippen LogP contribution in [0, 0.1) is 6.92 Å². The molecule has 1 aromatic heterocycles. The fourth-order valence-corrected chi connectivity index (χ4v) is 6.30. The average Bonchev–Trinajstić information content (AvgIpc) is 3.36. The highest BCUT2D eigenvalue weighted by molar-refractivity contribution is 9.10. The van der Waals surface area contributed by atoms with Gasteiger partial charge in [-0.05, 0) is 67.8 Å². The number of benzene rings is 3. The van der Waals surface area contributed by atoms with Crippen molar-refractivity contribution in [3.8, 4) is 23.0 Å². The molecule has 1 aliphatic rings. The number of aromatic nitrogens is 1. The summed E-state index contributed by atoms with van der Waals surface area (Å²) in [6.07, 6.45) is 3.23. The largest absolute Gasteiger partial charge is 0.493 e. The SMILES string of the molecule is CCOc1ccc([C@@H]2C(C(=O)OC)=CN=c3s/c(=C\c4cc(OC)c(OCc5ccc(C)cc5)cc4Br)c(=O)n32)cc1OCC. The first-order chi connectivity index (χ1) is 21.8. The van der Waals surface area contributed by atoms with Gasteiger partial charge in [0.1, 0.15) is 6.61 Å². The number of hydrogen-bond donors (Lipinski definition) is 0. The lowest BCUT2D eigenvalue weighted by Crippen LogP contribution is -2.39. The zero-order chi connectivity index (χ0) is 32.1. The second-order valence-corrected chi connectivity index (χ2v) is 11.9. The summed E-state index contributed by atoms with van der Waals surface area (Å²) < 4.78 is 31.0. The van der Waals surface area contributed by atoms with Gasteiger partial charge < -0.3 is 23.7 Å². The van der Waals surface area contributed by atoms with Crippen LogP contribution in [0.25, 0.3) is 6.08 Å². The number of nitrogens with zero attached hydrogens (tertiary/aromatic N) is 2. The molecule has 3 aromatic carbocycles. The average molecular weight is 694 g/mol. The molecule has 45 heavy (non-hydrogen) atoms. The van der Waals surface area contributed by atoms with Crippen molar-refractivity contribution < 1.29 is 28.5 Å². The van der Waals surface area contributed by atoms with Crippen molar-refractivity contribution in [3.63, 3.8) is 0 Å². The van der Waals surface area contributed by atoms with Gasteiger partial charge in [-0.25, -0.2) is 9.79 Å². The van der Waals surface area contributed by atoms with Crippen molar-refractivity contribution in [1.82, 2.24) is 4.57 Å². The quantitative estimate of drug-likeness (QED) is 0.192. The van der Waals surface area contributed by atoms with E-state index in [1.54, 1.807) is 25.3 Å². The van der Waals surface area contributed by atoms with E-state index in [1.807, 2.05) is 63.2 Å². The fraction of sp³-hybridized carbons (Fsp3) is 0.265. The van der Waals surface area contributed by atoms with Crippen LogP contribution < -0.4 is 33.8 Å². The first kappa shape index (κ1) is 32.1. The van der Waals surface area contributed by atoms with E-state index in [1.165, 1.54) is 34.8 Å². The van der Waals surface area contributed by atoms with Gasteiger partial charge >= 0.3 is 5.97 Å². The third-order valence-corrected chi connectivity index (χ3v) is 8.78. The molecule has 0 amide bonds. The van der Waals surface area contributed by atoms with Crippen LogP contribution in [0.2, 0.25) is 0 Å². The van der Waals surface area contributed by atoms with Gasteiger partial charge in [-0.2, -0.15) is 0 Å². The highest BCUT2D eigenvalue weighted by Crippen LogP contribution is 2.36. The van der Waals surface area contributed by atoms with Crippen LogP contribution in [0.5, 0.6) is 23.0 Å². The van der Waals surface area contributed by atoms with Crippen LogP contribution in [0.3, 0.4) is 0 Å². The Hall–Kier alpha value is -4.35. The fourth-order valence-electron chi connectivity index (χ4n) is 4.91. The zero-order valence-electron chi connectivity index (χ0n) is 25.6. The smallest absolute Gasteiger partial charge is 0.337 e. The molecule has 0 unspecified atom stereocenters. The van der Waals surface area contributed by atoms with Gasteiger partial charge in [-0.3, -0.25) is 9.36 Å². The van der Waals surface area contributed by atoms with Crippen LogP contribution >= 0.6 is 27.3 Å². The lowest BCUT2D eigenvalue weighted by molar-refractivity contribution is -0.136.